The molecule has 2 atom stereocenters. The number of rotatable bonds is 8. The van der Waals surface area contributed by atoms with Crippen LogP contribution in [0.4, 0.5) is 0 Å². The van der Waals surface area contributed by atoms with E-state index in [0.717, 1.165) is 32.6 Å². The second-order valence-corrected chi connectivity index (χ2v) is 7.29. The molecule has 3 rings (SSSR count). The molecule has 1 N–H and O–H groups in total. The van der Waals surface area contributed by atoms with Crippen molar-refractivity contribution in [2.45, 2.75) is 38.9 Å². The lowest BCUT2D eigenvalue weighted by Crippen LogP contribution is -2.49. The van der Waals surface area contributed by atoms with E-state index in [0.29, 0.717) is 19.1 Å². The van der Waals surface area contributed by atoms with E-state index < -0.39 is 0 Å². The summed E-state index contributed by atoms with van der Waals surface area (Å²) in [5, 5.41) is 7.87. The number of piperidine rings is 1. The van der Waals surface area contributed by atoms with Gasteiger partial charge in [0, 0.05) is 44.5 Å². The maximum atomic E-state index is 12.1. The summed E-state index contributed by atoms with van der Waals surface area (Å²) >= 11 is 0. The maximum absolute atomic E-state index is 12.1. The highest BCUT2D eigenvalue weighted by Gasteiger charge is 2.31. The summed E-state index contributed by atoms with van der Waals surface area (Å²) in [4.78, 5) is 14.6. The number of carbonyl (C=O) groups is 1. The molecule has 0 aliphatic carbocycles. The van der Waals surface area contributed by atoms with Crippen molar-refractivity contribution in [3.63, 3.8) is 0 Å². The molecule has 0 amide bonds. The molecule has 1 fully saturated rings. The second-order valence-electron chi connectivity index (χ2n) is 7.29. The van der Waals surface area contributed by atoms with Crippen molar-refractivity contribution >= 4 is 5.97 Å². The second kappa shape index (κ2) is 9.67. The van der Waals surface area contributed by atoms with E-state index in [4.69, 9.17) is 4.74 Å². The number of carbonyl (C=O) groups excluding carboxylic acids is 1. The molecule has 1 saturated heterocycles. The molecule has 1 aliphatic heterocycles. The van der Waals surface area contributed by atoms with Gasteiger partial charge < -0.3 is 10.1 Å². The summed E-state index contributed by atoms with van der Waals surface area (Å²) in [6.45, 7) is 5.93. The quantitative estimate of drug-likeness (QED) is 0.723. The summed E-state index contributed by atoms with van der Waals surface area (Å²) in [6, 6.07) is 10.8. The minimum absolute atomic E-state index is 0.0998. The third-order valence-electron chi connectivity index (χ3n) is 5.13. The van der Waals surface area contributed by atoms with Crippen molar-refractivity contribution in [3.05, 3.63) is 53.9 Å². The Hall–Kier alpha value is -2.18. The molecule has 6 heteroatoms. The SMILES string of the molecule is CCOC(=O)CC1CN(Cc2ccccc2)CCC1NCc1cnn(C)c1. The predicted octanol–water partition coefficient (Wildman–Crippen LogP) is 2.35. The number of aromatic nitrogens is 2. The van der Waals surface area contributed by atoms with Crippen LogP contribution < -0.4 is 5.32 Å². The van der Waals surface area contributed by atoms with Crippen LogP contribution in [0.5, 0.6) is 0 Å². The Balaban J connectivity index is 1.60. The van der Waals surface area contributed by atoms with Gasteiger partial charge in [0.05, 0.1) is 19.2 Å². The monoisotopic (exact) mass is 370 g/mol. The molecule has 0 saturated carbocycles. The zero-order chi connectivity index (χ0) is 19.1. The molecule has 6 nitrogen and oxygen atoms in total. The van der Waals surface area contributed by atoms with E-state index >= 15 is 0 Å². The molecule has 0 bridgehead atoms. The first-order valence-corrected chi connectivity index (χ1v) is 9.77. The normalized spacial score (nSPS) is 20.5. The van der Waals surface area contributed by atoms with Crippen LogP contribution in [0.2, 0.25) is 0 Å². The Bertz CT molecular complexity index is 716. The third kappa shape index (κ3) is 5.91. The van der Waals surface area contributed by atoms with E-state index in [1.807, 2.05) is 37.1 Å². The molecule has 0 radical (unpaired) electrons. The molecule has 0 spiro atoms. The maximum Gasteiger partial charge on any atom is 0.306 e. The standard InChI is InChI=1S/C21H30N4O2/c1-3-27-21(26)11-19-16-25(15-17-7-5-4-6-8-17)10-9-20(19)22-12-18-13-23-24(2)14-18/h4-8,13-14,19-20,22H,3,9-12,15-16H2,1-2H3. The minimum Gasteiger partial charge on any atom is -0.466 e. The fourth-order valence-electron chi connectivity index (χ4n) is 3.81. The number of ether oxygens (including phenoxy) is 1. The molecule has 2 aromatic rings. The molecular formula is C21H30N4O2. The Labute approximate surface area is 161 Å². The van der Waals surface area contributed by atoms with Crippen molar-refractivity contribution in [1.29, 1.82) is 0 Å². The van der Waals surface area contributed by atoms with Gasteiger partial charge in [-0.1, -0.05) is 30.3 Å². The van der Waals surface area contributed by atoms with Gasteiger partial charge in [0.2, 0.25) is 0 Å². The van der Waals surface area contributed by atoms with Gasteiger partial charge in [0.1, 0.15) is 0 Å². The van der Waals surface area contributed by atoms with Crippen LogP contribution >= 0.6 is 0 Å². The van der Waals surface area contributed by atoms with Crippen molar-refractivity contribution < 1.29 is 9.53 Å². The molecule has 146 valence electrons. The highest BCUT2D eigenvalue weighted by atomic mass is 16.5. The highest BCUT2D eigenvalue weighted by Crippen LogP contribution is 2.23. The van der Waals surface area contributed by atoms with Gasteiger partial charge in [-0.2, -0.15) is 5.10 Å². The van der Waals surface area contributed by atoms with Crippen LogP contribution in [0.15, 0.2) is 42.7 Å². The number of hydrogen-bond donors (Lipinski definition) is 1. The molecule has 1 aromatic carbocycles. The van der Waals surface area contributed by atoms with Crippen LogP contribution in [-0.2, 0) is 29.7 Å². The zero-order valence-electron chi connectivity index (χ0n) is 16.3. The fraction of sp³-hybridized carbons (Fsp3) is 0.524. The Kier molecular flexibility index (Phi) is 7.01. The molecule has 27 heavy (non-hydrogen) atoms. The average molecular weight is 370 g/mol. The van der Waals surface area contributed by atoms with Crippen LogP contribution in [0.3, 0.4) is 0 Å². The molecule has 2 heterocycles. The van der Waals surface area contributed by atoms with Crippen molar-refractivity contribution in [2.75, 3.05) is 19.7 Å². The van der Waals surface area contributed by atoms with Crippen LogP contribution in [0, 0.1) is 5.92 Å². The van der Waals surface area contributed by atoms with Gasteiger partial charge in [0.15, 0.2) is 0 Å². The largest absolute Gasteiger partial charge is 0.466 e. The predicted molar refractivity (Wildman–Crippen MR) is 105 cm³/mol. The van der Waals surface area contributed by atoms with Gasteiger partial charge in [0.25, 0.3) is 0 Å². The Morgan fingerprint density at radius 2 is 2.11 bits per heavy atom. The molecule has 1 aromatic heterocycles. The lowest BCUT2D eigenvalue weighted by atomic mass is 9.88. The van der Waals surface area contributed by atoms with E-state index in [2.05, 4.69) is 39.6 Å². The number of nitrogens with one attached hydrogen (secondary N) is 1. The Morgan fingerprint density at radius 3 is 2.81 bits per heavy atom. The number of benzene rings is 1. The number of likely N-dealkylation sites (tertiary alicyclic amines) is 1. The highest BCUT2D eigenvalue weighted by molar-refractivity contribution is 5.69. The number of esters is 1. The van der Waals surface area contributed by atoms with Gasteiger partial charge in [-0.05, 0) is 31.4 Å². The van der Waals surface area contributed by atoms with Gasteiger partial charge in [-0.25, -0.2) is 0 Å². The number of aryl methyl sites for hydroxylation is 1. The van der Waals surface area contributed by atoms with Gasteiger partial charge >= 0.3 is 5.97 Å². The zero-order valence-corrected chi connectivity index (χ0v) is 16.3. The lowest BCUT2D eigenvalue weighted by molar-refractivity contribution is -0.145. The van der Waals surface area contributed by atoms with Crippen molar-refractivity contribution in [2.24, 2.45) is 13.0 Å². The number of hydrogen-bond acceptors (Lipinski definition) is 5. The minimum atomic E-state index is -0.0998. The van der Waals surface area contributed by atoms with E-state index in [9.17, 15) is 4.79 Å². The van der Waals surface area contributed by atoms with Crippen molar-refractivity contribution in [3.8, 4) is 0 Å². The van der Waals surface area contributed by atoms with Crippen molar-refractivity contribution in [1.82, 2.24) is 20.0 Å². The summed E-state index contributed by atoms with van der Waals surface area (Å²) in [5.74, 6) is 0.149. The van der Waals surface area contributed by atoms with Crippen LogP contribution in [-0.4, -0.2) is 46.4 Å². The smallest absolute Gasteiger partial charge is 0.306 e. The third-order valence-corrected chi connectivity index (χ3v) is 5.13. The summed E-state index contributed by atoms with van der Waals surface area (Å²) in [7, 11) is 1.93. The van der Waals surface area contributed by atoms with Gasteiger partial charge in [-0.3, -0.25) is 14.4 Å². The lowest BCUT2D eigenvalue weighted by Gasteiger charge is -2.38. The summed E-state index contributed by atoms with van der Waals surface area (Å²) in [5.41, 5.74) is 2.48. The fourth-order valence-corrected chi connectivity index (χ4v) is 3.81. The van der Waals surface area contributed by atoms with Crippen LogP contribution in [0.1, 0.15) is 30.9 Å². The molecule has 2 unspecified atom stereocenters. The van der Waals surface area contributed by atoms with Crippen LogP contribution in [0.25, 0.3) is 0 Å². The molecule has 1 aliphatic rings. The topological polar surface area (TPSA) is 59.4 Å². The van der Waals surface area contributed by atoms with E-state index in [1.54, 1.807) is 0 Å². The number of nitrogens with zero attached hydrogens (tertiary/aromatic N) is 3. The Morgan fingerprint density at radius 1 is 1.30 bits per heavy atom. The van der Waals surface area contributed by atoms with Gasteiger partial charge in [-0.15, -0.1) is 0 Å². The molecular weight excluding hydrogens is 340 g/mol. The summed E-state index contributed by atoms with van der Waals surface area (Å²) in [6.07, 6.45) is 5.40. The first-order valence-electron chi connectivity index (χ1n) is 9.77. The van der Waals surface area contributed by atoms with E-state index in [1.165, 1.54) is 11.1 Å². The average Bonchev–Trinajstić information content (AvgIpc) is 3.07. The summed E-state index contributed by atoms with van der Waals surface area (Å²) < 4.78 is 7.03. The first kappa shape index (κ1) is 19.6. The van der Waals surface area contributed by atoms with E-state index in [-0.39, 0.29) is 11.9 Å². The first-order chi connectivity index (χ1) is 13.1.